The maximum absolute atomic E-state index is 13.5. The number of ether oxygens (including phenoxy) is 1. The Morgan fingerprint density at radius 1 is 1.00 bits per heavy atom. The molecule has 5 rings (SSSR count). The summed E-state index contributed by atoms with van der Waals surface area (Å²) in [6, 6.07) is 22.4. The molecule has 1 amide bonds. The topological polar surface area (TPSA) is 75.7 Å². The molecule has 3 aromatic carbocycles. The highest BCUT2D eigenvalue weighted by molar-refractivity contribution is 7.92. The van der Waals surface area contributed by atoms with Crippen molar-refractivity contribution in [2.24, 2.45) is 0 Å². The lowest BCUT2D eigenvalue weighted by molar-refractivity contribution is -0.128. The molecule has 0 saturated carbocycles. The lowest BCUT2D eigenvalue weighted by Gasteiger charge is -2.35. The summed E-state index contributed by atoms with van der Waals surface area (Å²) in [6.45, 7) is 1.97. The number of benzene rings is 3. The Bertz CT molecular complexity index is 1340. The van der Waals surface area contributed by atoms with Crippen molar-refractivity contribution in [3.8, 4) is 5.75 Å². The van der Waals surface area contributed by atoms with E-state index in [0.717, 1.165) is 24.8 Å². The van der Waals surface area contributed by atoms with Crippen LogP contribution in [-0.2, 0) is 33.4 Å². The van der Waals surface area contributed by atoms with Crippen molar-refractivity contribution >= 4 is 21.6 Å². The van der Waals surface area contributed by atoms with Gasteiger partial charge in [-0.3, -0.25) is 9.10 Å². The Labute approximate surface area is 213 Å². The van der Waals surface area contributed by atoms with E-state index >= 15 is 0 Å². The molecule has 0 fully saturated rings. The van der Waals surface area contributed by atoms with E-state index < -0.39 is 16.1 Å². The third-order valence-corrected chi connectivity index (χ3v) is 8.77. The van der Waals surface area contributed by atoms with Crippen molar-refractivity contribution in [1.82, 2.24) is 5.32 Å². The quantitative estimate of drug-likeness (QED) is 0.495. The van der Waals surface area contributed by atoms with Gasteiger partial charge in [-0.25, -0.2) is 8.42 Å². The van der Waals surface area contributed by atoms with Crippen LogP contribution in [0.3, 0.4) is 0 Å². The highest BCUT2D eigenvalue weighted by Crippen LogP contribution is 2.36. The standard InChI is InChI=1S/C29H32N2O4S/c1-2-25(24-17-16-22-12-6-7-13-23(22)18-24)30-29(32)28-19-31(26-14-8-9-15-27(26)35-28)36(33,34)20-21-10-4-3-5-11-21/h3-5,8-11,14-18,25,28H,2,6-7,12-13,19-20H2,1H3,(H,30,32)/t25-,28+/m1/s1. The minimum atomic E-state index is -3.74. The van der Waals surface area contributed by atoms with Gasteiger partial charge in [0.1, 0.15) is 5.75 Å². The van der Waals surface area contributed by atoms with Gasteiger partial charge in [-0.05, 0) is 66.5 Å². The molecule has 1 heterocycles. The number of carbonyl (C=O) groups is 1. The van der Waals surface area contributed by atoms with Crippen LogP contribution in [0.1, 0.15) is 54.5 Å². The van der Waals surface area contributed by atoms with E-state index in [4.69, 9.17) is 4.74 Å². The molecule has 188 valence electrons. The van der Waals surface area contributed by atoms with Crippen LogP contribution in [0.25, 0.3) is 0 Å². The Kier molecular flexibility index (Phi) is 7.01. The van der Waals surface area contributed by atoms with E-state index in [9.17, 15) is 13.2 Å². The minimum Gasteiger partial charge on any atom is -0.476 e. The number of fused-ring (bicyclic) bond motifs is 2. The number of para-hydroxylation sites is 2. The van der Waals surface area contributed by atoms with Crippen LogP contribution < -0.4 is 14.4 Å². The Morgan fingerprint density at radius 3 is 2.50 bits per heavy atom. The molecule has 0 unspecified atom stereocenters. The smallest absolute Gasteiger partial charge is 0.263 e. The molecule has 2 aliphatic rings. The number of anilines is 1. The summed E-state index contributed by atoms with van der Waals surface area (Å²) in [5, 5.41) is 3.13. The molecule has 0 spiro atoms. The number of sulfonamides is 1. The van der Waals surface area contributed by atoms with Crippen LogP contribution in [0.4, 0.5) is 5.69 Å². The Morgan fingerprint density at radius 2 is 1.72 bits per heavy atom. The first-order chi connectivity index (χ1) is 17.4. The van der Waals surface area contributed by atoms with Crippen molar-refractivity contribution in [2.45, 2.75) is 56.9 Å². The Hall–Kier alpha value is -3.32. The summed E-state index contributed by atoms with van der Waals surface area (Å²) in [6.07, 6.45) is 4.39. The van der Waals surface area contributed by atoms with Gasteiger partial charge in [0.2, 0.25) is 10.0 Å². The summed E-state index contributed by atoms with van der Waals surface area (Å²) in [7, 11) is -3.74. The van der Waals surface area contributed by atoms with Crippen molar-refractivity contribution in [2.75, 3.05) is 10.8 Å². The molecular weight excluding hydrogens is 472 g/mol. The molecule has 7 heteroatoms. The predicted octanol–water partition coefficient (Wildman–Crippen LogP) is 4.93. The molecular formula is C29H32N2O4S. The highest BCUT2D eigenvalue weighted by atomic mass is 32.2. The Balaban J connectivity index is 1.37. The second-order valence-electron chi connectivity index (χ2n) is 9.55. The van der Waals surface area contributed by atoms with E-state index in [1.165, 1.54) is 28.3 Å². The SMILES string of the molecule is CC[C@@H](NC(=O)[C@@H]1CN(S(=O)(=O)Cc2ccccc2)c2ccccc2O1)c1ccc2c(c1)CCCC2. The molecule has 0 aromatic heterocycles. The fraction of sp³-hybridized carbons (Fsp3) is 0.345. The van der Waals surface area contributed by atoms with Gasteiger partial charge in [0.25, 0.3) is 5.91 Å². The fourth-order valence-electron chi connectivity index (χ4n) is 5.12. The van der Waals surface area contributed by atoms with Crippen molar-refractivity contribution < 1.29 is 17.9 Å². The molecule has 0 bridgehead atoms. The summed E-state index contributed by atoms with van der Waals surface area (Å²) in [5.41, 5.74) is 5.00. The zero-order valence-corrected chi connectivity index (χ0v) is 21.3. The first-order valence-electron chi connectivity index (χ1n) is 12.7. The van der Waals surface area contributed by atoms with Gasteiger partial charge in [-0.1, -0.05) is 67.6 Å². The second-order valence-corrected chi connectivity index (χ2v) is 11.4. The van der Waals surface area contributed by atoms with Crippen molar-refractivity contribution in [3.63, 3.8) is 0 Å². The average Bonchev–Trinajstić information content (AvgIpc) is 2.91. The number of hydrogen-bond donors (Lipinski definition) is 1. The van der Waals surface area contributed by atoms with Crippen LogP contribution in [-0.4, -0.2) is 27.0 Å². The van der Waals surface area contributed by atoms with Gasteiger partial charge < -0.3 is 10.1 Å². The third-order valence-electron chi connectivity index (χ3n) is 7.05. The van der Waals surface area contributed by atoms with Gasteiger partial charge in [-0.15, -0.1) is 0 Å². The summed E-state index contributed by atoms with van der Waals surface area (Å²) < 4.78 is 34.3. The zero-order chi connectivity index (χ0) is 25.1. The number of amides is 1. The van der Waals surface area contributed by atoms with E-state index in [2.05, 4.69) is 23.5 Å². The summed E-state index contributed by atoms with van der Waals surface area (Å²) >= 11 is 0. The first kappa shape index (κ1) is 24.4. The van der Waals surface area contributed by atoms with Gasteiger partial charge in [0.15, 0.2) is 6.10 Å². The first-order valence-corrected chi connectivity index (χ1v) is 14.3. The van der Waals surface area contributed by atoms with Crippen LogP contribution in [0.2, 0.25) is 0 Å². The largest absolute Gasteiger partial charge is 0.476 e. The number of nitrogens with zero attached hydrogens (tertiary/aromatic N) is 1. The predicted molar refractivity (Wildman–Crippen MR) is 142 cm³/mol. The minimum absolute atomic E-state index is 0.0708. The molecule has 1 aliphatic heterocycles. The fourth-order valence-corrected chi connectivity index (χ4v) is 6.70. The number of hydrogen-bond acceptors (Lipinski definition) is 4. The third kappa shape index (κ3) is 5.12. The molecule has 3 aromatic rings. The van der Waals surface area contributed by atoms with E-state index in [1.807, 2.05) is 25.1 Å². The van der Waals surface area contributed by atoms with Crippen LogP contribution >= 0.6 is 0 Å². The number of nitrogens with one attached hydrogen (secondary N) is 1. The van der Waals surface area contributed by atoms with Crippen LogP contribution in [0.5, 0.6) is 5.75 Å². The van der Waals surface area contributed by atoms with E-state index in [1.54, 1.807) is 36.4 Å². The summed E-state index contributed by atoms with van der Waals surface area (Å²) in [5.74, 6) is -0.0696. The van der Waals surface area contributed by atoms with Crippen molar-refractivity contribution in [3.05, 3.63) is 95.1 Å². The summed E-state index contributed by atoms with van der Waals surface area (Å²) in [4.78, 5) is 13.4. The van der Waals surface area contributed by atoms with Crippen molar-refractivity contribution in [1.29, 1.82) is 0 Å². The van der Waals surface area contributed by atoms with E-state index in [0.29, 0.717) is 17.0 Å². The highest BCUT2D eigenvalue weighted by Gasteiger charge is 2.37. The molecule has 0 saturated heterocycles. The maximum atomic E-state index is 13.5. The number of aryl methyl sites for hydroxylation is 2. The number of rotatable bonds is 7. The zero-order valence-electron chi connectivity index (χ0n) is 20.5. The molecule has 2 atom stereocenters. The average molecular weight is 505 g/mol. The maximum Gasteiger partial charge on any atom is 0.263 e. The normalized spacial score (nSPS) is 17.9. The van der Waals surface area contributed by atoms with Crippen LogP contribution in [0.15, 0.2) is 72.8 Å². The van der Waals surface area contributed by atoms with Gasteiger partial charge >= 0.3 is 0 Å². The molecule has 1 aliphatic carbocycles. The van der Waals surface area contributed by atoms with Gasteiger partial charge in [0, 0.05) is 0 Å². The molecule has 1 N–H and O–H groups in total. The monoisotopic (exact) mass is 504 g/mol. The molecule has 36 heavy (non-hydrogen) atoms. The number of carbonyl (C=O) groups excluding carboxylic acids is 1. The van der Waals surface area contributed by atoms with Crippen LogP contribution in [0, 0.1) is 0 Å². The molecule has 6 nitrogen and oxygen atoms in total. The lowest BCUT2D eigenvalue weighted by Crippen LogP contribution is -2.51. The van der Waals surface area contributed by atoms with E-state index in [-0.39, 0.29) is 24.2 Å². The van der Waals surface area contributed by atoms with Gasteiger partial charge in [0.05, 0.1) is 24.0 Å². The second kappa shape index (κ2) is 10.3. The van der Waals surface area contributed by atoms with Gasteiger partial charge in [-0.2, -0.15) is 0 Å². The molecule has 0 radical (unpaired) electrons. The lowest BCUT2D eigenvalue weighted by atomic mass is 9.88.